The smallest absolute Gasteiger partial charge is 0.243 e. The van der Waals surface area contributed by atoms with Gasteiger partial charge in [-0.1, -0.05) is 18.2 Å². The van der Waals surface area contributed by atoms with Crippen LogP contribution in [0.1, 0.15) is 32.3 Å². The first-order valence-corrected chi connectivity index (χ1v) is 8.39. The molecule has 2 atom stereocenters. The topological polar surface area (TPSA) is 84.7 Å². The van der Waals surface area contributed by atoms with Crippen molar-refractivity contribution in [2.24, 2.45) is 5.73 Å². The number of likely N-dealkylation sites (tertiary alicyclic amines) is 1. The number of amides is 2. The summed E-state index contributed by atoms with van der Waals surface area (Å²) in [6, 6.07) is 7.08. The van der Waals surface area contributed by atoms with Crippen LogP contribution in [0.3, 0.4) is 0 Å². The van der Waals surface area contributed by atoms with Gasteiger partial charge in [0, 0.05) is 25.0 Å². The van der Waals surface area contributed by atoms with Crippen molar-refractivity contribution in [1.29, 1.82) is 0 Å². The van der Waals surface area contributed by atoms with E-state index in [2.05, 4.69) is 5.32 Å². The number of hydrogen-bond donors (Lipinski definition) is 2. The second-order valence-electron chi connectivity index (χ2n) is 6.53. The Kier molecular flexibility index (Phi) is 6.20. The number of benzene rings is 1. The number of methoxy groups -OCH3 is 1. The summed E-state index contributed by atoms with van der Waals surface area (Å²) in [5.74, 6) is 0.610. The highest BCUT2D eigenvalue weighted by Crippen LogP contribution is 2.22. The summed E-state index contributed by atoms with van der Waals surface area (Å²) in [4.78, 5) is 26.5. The van der Waals surface area contributed by atoms with Gasteiger partial charge in [-0.2, -0.15) is 0 Å². The van der Waals surface area contributed by atoms with E-state index in [1.165, 1.54) is 0 Å². The quantitative estimate of drug-likeness (QED) is 0.816. The summed E-state index contributed by atoms with van der Waals surface area (Å²) < 4.78 is 5.31. The highest BCUT2D eigenvalue weighted by molar-refractivity contribution is 5.88. The molecule has 1 aliphatic rings. The number of hydrogen-bond acceptors (Lipinski definition) is 4. The molecule has 2 amide bonds. The minimum Gasteiger partial charge on any atom is -0.496 e. The van der Waals surface area contributed by atoms with Gasteiger partial charge in [0.15, 0.2) is 0 Å². The van der Waals surface area contributed by atoms with E-state index in [9.17, 15) is 9.59 Å². The van der Waals surface area contributed by atoms with E-state index in [0.717, 1.165) is 11.3 Å². The lowest BCUT2D eigenvalue weighted by atomic mass is 10.1. The number of carbonyl (C=O) groups is 2. The lowest BCUT2D eigenvalue weighted by Gasteiger charge is -2.25. The van der Waals surface area contributed by atoms with Gasteiger partial charge in [-0.15, -0.1) is 0 Å². The Bertz CT molecular complexity index is 589. The molecule has 0 saturated carbocycles. The summed E-state index contributed by atoms with van der Waals surface area (Å²) in [6.45, 7) is 4.24. The molecular formula is C18H27N3O3. The summed E-state index contributed by atoms with van der Waals surface area (Å²) >= 11 is 0. The minimum absolute atomic E-state index is 0.0415. The third kappa shape index (κ3) is 4.47. The van der Waals surface area contributed by atoms with Crippen molar-refractivity contribution in [3.8, 4) is 5.75 Å². The molecule has 2 rings (SSSR count). The van der Waals surface area contributed by atoms with Crippen LogP contribution in [0.4, 0.5) is 0 Å². The summed E-state index contributed by atoms with van der Waals surface area (Å²) in [5, 5.41) is 2.87. The third-order valence-electron chi connectivity index (χ3n) is 4.19. The van der Waals surface area contributed by atoms with Gasteiger partial charge in [0.25, 0.3) is 0 Å². The van der Waals surface area contributed by atoms with E-state index in [4.69, 9.17) is 10.5 Å². The molecule has 0 bridgehead atoms. The van der Waals surface area contributed by atoms with Crippen LogP contribution in [0.25, 0.3) is 0 Å². The van der Waals surface area contributed by atoms with E-state index < -0.39 is 6.04 Å². The van der Waals surface area contributed by atoms with Crippen molar-refractivity contribution < 1.29 is 14.3 Å². The van der Waals surface area contributed by atoms with Crippen molar-refractivity contribution >= 4 is 11.8 Å². The number of para-hydroxylation sites is 1. The number of aryl methyl sites for hydroxylation is 1. The zero-order chi connectivity index (χ0) is 17.7. The first kappa shape index (κ1) is 18.3. The molecule has 6 nitrogen and oxygen atoms in total. The molecule has 0 spiro atoms. The molecule has 0 aliphatic carbocycles. The highest BCUT2D eigenvalue weighted by atomic mass is 16.5. The standard InChI is InChI=1S/C18H27N3O3/c1-12(2)20-18(23)15-10-14(19)11-21(15)17(22)9-8-13-6-4-5-7-16(13)24-3/h4-7,12,14-15H,8-11,19H2,1-3H3,(H,20,23)/t14-,15+/m1/s1. The zero-order valence-corrected chi connectivity index (χ0v) is 14.6. The van der Waals surface area contributed by atoms with Gasteiger partial charge in [-0.3, -0.25) is 9.59 Å². The average molecular weight is 333 g/mol. The second-order valence-corrected chi connectivity index (χ2v) is 6.53. The van der Waals surface area contributed by atoms with Gasteiger partial charge < -0.3 is 20.7 Å². The fourth-order valence-corrected chi connectivity index (χ4v) is 3.07. The SMILES string of the molecule is COc1ccccc1CCC(=O)N1C[C@H](N)C[C@H]1C(=O)NC(C)C. The third-order valence-corrected chi connectivity index (χ3v) is 4.19. The van der Waals surface area contributed by atoms with E-state index in [1.54, 1.807) is 12.0 Å². The van der Waals surface area contributed by atoms with Crippen LogP contribution in [-0.4, -0.2) is 48.5 Å². The lowest BCUT2D eigenvalue weighted by Crippen LogP contribution is -2.47. The molecule has 0 radical (unpaired) electrons. The number of nitrogens with one attached hydrogen (secondary N) is 1. The Morgan fingerprint density at radius 2 is 2.08 bits per heavy atom. The average Bonchev–Trinajstić information content (AvgIpc) is 2.94. The van der Waals surface area contributed by atoms with Gasteiger partial charge in [0.1, 0.15) is 11.8 Å². The van der Waals surface area contributed by atoms with Gasteiger partial charge in [-0.05, 0) is 38.3 Å². The van der Waals surface area contributed by atoms with Crippen LogP contribution in [0, 0.1) is 0 Å². The number of carbonyl (C=O) groups excluding carboxylic acids is 2. The fourth-order valence-electron chi connectivity index (χ4n) is 3.07. The first-order valence-electron chi connectivity index (χ1n) is 8.39. The minimum atomic E-state index is -0.465. The van der Waals surface area contributed by atoms with E-state index in [1.807, 2.05) is 38.1 Å². The Balaban J connectivity index is 2.00. The van der Waals surface area contributed by atoms with E-state index in [0.29, 0.717) is 25.8 Å². The molecule has 132 valence electrons. The molecule has 1 aliphatic heterocycles. The molecule has 1 heterocycles. The van der Waals surface area contributed by atoms with Crippen molar-refractivity contribution in [2.75, 3.05) is 13.7 Å². The van der Waals surface area contributed by atoms with Crippen LogP contribution in [-0.2, 0) is 16.0 Å². The van der Waals surface area contributed by atoms with Crippen LogP contribution < -0.4 is 15.8 Å². The zero-order valence-electron chi connectivity index (χ0n) is 14.6. The van der Waals surface area contributed by atoms with E-state index in [-0.39, 0.29) is 23.9 Å². The van der Waals surface area contributed by atoms with Crippen molar-refractivity contribution in [3.05, 3.63) is 29.8 Å². The summed E-state index contributed by atoms with van der Waals surface area (Å²) in [7, 11) is 1.62. The molecule has 1 aromatic carbocycles. The van der Waals surface area contributed by atoms with Crippen LogP contribution in [0.5, 0.6) is 5.75 Å². The Morgan fingerprint density at radius 1 is 1.38 bits per heavy atom. The fraction of sp³-hybridized carbons (Fsp3) is 0.556. The van der Waals surface area contributed by atoms with Gasteiger partial charge in [-0.25, -0.2) is 0 Å². The van der Waals surface area contributed by atoms with Crippen LogP contribution >= 0.6 is 0 Å². The largest absolute Gasteiger partial charge is 0.496 e. The maximum Gasteiger partial charge on any atom is 0.243 e. The Labute approximate surface area is 143 Å². The number of rotatable bonds is 6. The maximum atomic E-state index is 12.6. The molecule has 3 N–H and O–H groups in total. The predicted molar refractivity (Wildman–Crippen MR) is 92.7 cm³/mol. The number of ether oxygens (including phenoxy) is 1. The van der Waals surface area contributed by atoms with Crippen molar-refractivity contribution in [1.82, 2.24) is 10.2 Å². The summed E-state index contributed by atoms with van der Waals surface area (Å²) in [5.41, 5.74) is 6.97. The lowest BCUT2D eigenvalue weighted by molar-refractivity contribution is -0.138. The van der Waals surface area contributed by atoms with Crippen LogP contribution in [0.15, 0.2) is 24.3 Å². The van der Waals surface area contributed by atoms with Gasteiger partial charge in [0.05, 0.1) is 7.11 Å². The number of nitrogens with two attached hydrogens (primary N) is 1. The second kappa shape index (κ2) is 8.15. The Morgan fingerprint density at radius 3 is 2.75 bits per heavy atom. The monoisotopic (exact) mass is 333 g/mol. The van der Waals surface area contributed by atoms with E-state index >= 15 is 0 Å². The highest BCUT2D eigenvalue weighted by Gasteiger charge is 2.37. The maximum absolute atomic E-state index is 12.6. The predicted octanol–water partition coefficient (Wildman–Crippen LogP) is 1.08. The molecule has 1 aromatic rings. The molecular weight excluding hydrogens is 306 g/mol. The number of nitrogens with zero attached hydrogens (tertiary/aromatic N) is 1. The Hall–Kier alpha value is -2.08. The van der Waals surface area contributed by atoms with Crippen molar-refractivity contribution in [2.45, 2.75) is 51.2 Å². The molecule has 1 saturated heterocycles. The molecule has 24 heavy (non-hydrogen) atoms. The van der Waals surface area contributed by atoms with Crippen LogP contribution in [0.2, 0.25) is 0 Å². The molecule has 1 fully saturated rings. The van der Waals surface area contributed by atoms with Gasteiger partial charge in [0.2, 0.25) is 11.8 Å². The molecule has 0 aromatic heterocycles. The van der Waals surface area contributed by atoms with Crippen molar-refractivity contribution in [3.63, 3.8) is 0 Å². The van der Waals surface area contributed by atoms with Gasteiger partial charge >= 0.3 is 0 Å². The summed E-state index contributed by atoms with van der Waals surface area (Å²) in [6.07, 6.45) is 1.42. The normalized spacial score (nSPS) is 20.3. The first-order chi connectivity index (χ1) is 11.4. The molecule has 0 unspecified atom stereocenters. The molecule has 6 heteroatoms.